The van der Waals surface area contributed by atoms with Gasteiger partial charge in [0.1, 0.15) is 18.4 Å². The fraction of sp³-hybridized carbons (Fsp3) is 0.261. The minimum Gasteiger partial charge on any atom is -0.488 e. The lowest BCUT2D eigenvalue weighted by molar-refractivity contribution is -0.150. The molecule has 7 heteroatoms. The number of benzene rings is 2. The number of para-hydroxylation sites is 1. The largest absolute Gasteiger partial charge is 0.488 e. The second kappa shape index (κ2) is 9.63. The first-order chi connectivity index (χ1) is 14.4. The first kappa shape index (κ1) is 21.6. The van der Waals surface area contributed by atoms with Gasteiger partial charge in [0.25, 0.3) is 11.1 Å². The summed E-state index contributed by atoms with van der Waals surface area (Å²) >= 11 is 0.800. The maximum Gasteiger partial charge on any atom is 0.329 e. The van der Waals surface area contributed by atoms with Crippen LogP contribution >= 0.6 is 11.8 Å². The number of carbonyl (C=O) groups is 3. The standard InChI is InChI=1S/C23H23NO5S/c1-4-28-22(26)16(3)24-21(25)20(30-23(24)27)13-18-7-5-6-8-19(18)29-14-17-11-9-15(2)10-12-17/h5-13,16H,4,14H2,1-3H3/b20-13+/t16-/m1/s1. The van der Waals surface area contributed by atoms with Crippen molar-refractivity contribution in [2.75, 3.05) is 6.61 Å². The van der Waals surface area contributed by atoms with Gasteiger partial charge in [-0.1, -0.05) is 48.0 Å². The van der Waals surface area contributed by atoms with Crippen LogP contribution in [0.25, 0.3) is 6.08 Å². The maximum atomic E-state index is 12.8. The van der Waals surface area contributed by atoms with Crippen molar-refractivity contribution >= 4 is 35.0 Å². The minimum atomic E-state index is -0.976. The van der Waals surface area contributed by atoms with Gasteiger partial charge in [-0.15, -0.1) is 0 Å². The van der Waals surface area contributed by atoms with E-state index >= 15 is 0 Å². The molecule has 156 valence electrons. The van der Waals surface area contributed by atoms with Crippen molar-refractivity contribution in [2.24, 2.45) is 0 Å². The van der Waals surface area contributed by atoms with Gasteiger partial charge >= 0.3 is 5.97 Å². The third-order valence-corrected chi connectivity index (χ3v) is 5.44. The number of nitrogens with zero attached hydrogens (tertiary/aromatic N) is 1. The van der Waals surface area contributed by atoms with Crippen molar-refractivity contribution in [1.82, 2.24) is 4.90 Å². The van der Waals surface area contributed by atoms with Crippen molar-refractivity contribution in [3.05, 3.63) is 70.1 Å². The van der Waals surface area contributed by atoms with Gasteiger partial charge in [-0.3, -0.25) is 14.5 Å². The first-order valence-corrected chi connectivity index (χ1v) is 10.4. The van der Waals surface area contributed by atoms with E-state index in [0.29, 0.717) is 17.9 Å². The van der Waals surface area contributed by atoms with E-state index in [4.69, 9.17) is 9.47 Å². The average molecular weight is 426 g/mol. The second-order valence-electron chi connectivity index (χ2n) is 6.79. The SMILES string of the molecule is CCOC(=O)[C@@H](C)N1C(=O)S/C(=C/c2ccccc2OCc2ccc(C)cc2)C1=O. The highest BCUT2D eigenvalue weighted by Crippen LogP contribution is 2.35. The van der Waals surface area contributed by atoms with Crippen LogP contribution in [0.2, 0.25) is 0 Å². The second-order valence-corrected chi connectivity index (χ2v) is 7.79. The van der Waals surface area contributed by atoms with Crippen LogP contribution in [-0.2, 0) is 20.9 Å². The maximum absolute atomic E-state index is 12.8. The van der Waals surface area contributed by atoms with Gasteiger partial charge in [0.15, 0.2) is 0 Å². The van der Waals surface area contributed by atoms with E-state index in [0.717, 1.165) is 22.2 Å². The smallest absolute Gasteiger partial charge is 0.329 e. The zero-order valence-corrected chi connectivity index (χ0v) is 17.9. The quantitative estimate of drug-likeness (QED) is 0.478. The van der Waals surface area contributed by atoms with Crippen LogP contribution in [0.4, 0.5) is 4.79 Å². The van der Waals surface area contributed by atoms with Gasteiger partial charge in [0, 0.05) is 5.56 Å². The molecule has 0 aliphatic carbocycles. The van der Waals surface area contributed by atoms with E-state index in [1.807, 2.05) is 55.5 Å². The molecular weight excluding hydrogens is 402 g/mol. The van der Waals surface area contributed by atoms with Crippen LogP contribution in [0.3, 0.4) is 0 Å². The Morgan fingerprint density at radius 1 is 1.13 bits per heavy atom. The number of hydrogen-bond donors (Lipinski definition) is 0. The van der Waals surface area contributed by atoms with Gasteiger partial charge in [-0.25, -0.2) is 4.79 Å². The van der Waals surface area contributed by atoms with Crippen LogP contribution in [-0.4, -0.2) is 34.7 Å². The monoisotopic (exact) mass is 425 g/mol. The molecule has 1 aliphatic heterocycles. The van der Waals surface area contributed by atoms with E-state index in [1.165, 1.54) is 12.5 Å². The molecule has 1 aliphatic rings. The summed E-state index contributed by atoms with van der Waals surface area (Å²) in [4.78, 5) is 38.2. The molecule has 30 heavy (non-hydrogen) atoms. The van der Waals surface area contributed by atoms with Crippen molar-refractivity contribution < 1.29 is 23.9 Å². The normalized spacial score (nSPS) is 16.1. The molecule has 6 nitrogen and oxygen atoms in total. The predicted molar refractivity (Wildman–Crippen MR) is 116 cm³/mol. The molecule has 1 atom stereocenters. The molecule has 0 N–H and O–H groups in total. The summed E-state index contributed by atoms with van der Waals surface area (Å²) in [6.45, 7) is 5.74. The topological polar surface area (TPSA) is 72.9 Å². The molecule has 1 heterocycles. The van der Waals surface area contributed by atoms with Crippen LogP contribution in [0.5, 0.6) is 5.75 Å². The number of imide groups is 1. The minimum absolute atomic E-state index is 0.181. The van der Waals surface area contributed by atoms with Gasteiger partial charge in [-0.2, -0.15) is 0 Å². The third kappa shape index (κ3) is 4.91. The van der Waals surface area contributed by atoms with E-state index in [1.54, 1.807) is 13.0 Å². The molecular formula is C23H23NO5S. The summed E-state index contributed by atoms with van der Waals surface area (Å²) in [7, 11) is 0. The zero-order valence-electron chi connectivity index (χ0n) is 17.1. The van der Waals surface area contributed by atoms with Crippen molar-refractivity contribution in [3.8, 4) is 5.75 Å². The lowest BCUT2D eigenvalue weighted by atomic mass is 10.1. The summed E-state index contributed by atoms with van der Waals surface area (Å²) < 4.78 is 10.9. The lowest BCUT2D eigenvalue weighted by Gasteiger charge is -2.19. The molecule has 0 radical (unpaired) electrons. The number of carbonyl (C=O) groups excluding carboxylic acids is 3. The fourth-order valence-electron chi connectivity index (χ4n) is 2.90. The number of amides is 2. The van der Waals surface area contributed by atoms with Gasteiger partial charge in [0.05, 0.1) is 11.5 Å². The van der Waals surface area contributed by atoms with Crippen LogP contribution in [0, 0.1) is 6.92 Å². The highest BCUT2D eigenvalue weighted by atomic mass is 32.2. The van der Waals surface area contributed by atoms with Crippen molar-refractivity contribution in [1.29, 1.82) is 0 Å². The summed E-state index contributed by atoms with van der Waals surface area (Å²) in [5, 5.41) is -0.496. The molecule has 1 saturated heterocycles. The highest BCUT2D eigenvalue weighted by Gasteiger charge is 2.41. The molecule has 2 aromatic rings. The van der Waals surface area contributed by atoms with E-state index in [-0.39, 0.29) is 11.5 Å². The Morgan fingerprint density at radius 3 is 2.53 bits per heavy atom. The third-order valence-electron chi connectivity index (χ3n) is 4.56. The van der Waals surface area contributed by atoms with Gasteiger partial charge in [0.2, 0.25) is 0 Å². The summed E-state index contributed by atoms with van der Waals surface area (Å²) in [6.07, 6.45) is 1.62. The molecule has 2 amide bonds. The predicted octanol–water partition coefficient (Wildman–Crippen LogP) is 4.56. The molecule has 3 rings (SSSR count). The van der Waals surface area contributed by atoms with Crippen LogP contribution in [0.1, 0.15) is 30.5 Å². The first-order valence-electron chi connectivity index (χ1n) is 9.61. The van der Waals surface area contributed by atoms with Crippen LogP contribution in [0.15, 0.2) is 53.4 Å². The van der Waals surface area contributed by atoms with Crippen LogP contribution < -0.4 is 4.74 Å². The molecule has 0 spiro atoms. The number of ether oxygens (including phenoxy) is 2. The highest BCUT2D eigenvalue weighted by molar-refractivity contribution is 8.18. The molecule has 0 aromatic heterocycles. The van der Waals surface area contributed by atoms with Gasteiger partial charge < -0.3 is 9.47 Å². The summed E-state index contributed by atoms with van der Waals surface area (Å²) in [5.41, 5.74) is 2.88. The molecule has 1 fully saturated rings. The molecule has 0 saturated carbocycles. The van der Waals surface area contributed by atoms with E-state index < -0.39 is 23.2 Å². The molecule has 0 unspecified atom stereocenters. The Bertz CT molecular complexity index is 983. The Balaban J connectivity index is 1.78. The summed E-state index contributed by atoms with van der Waals surface area (Å²) in [5.74, 6) is -0.523. The van der Waals surface area contributed by atoms with E-state index in [2.05, 4.69) is 0 Å². The van der Waals surface area contributed by atoms with Gasteiger partial charge in [-0.05, 0) is 50.2 Å². The zero-order chi connectivity index (χ0) is 21.7. The Hall–Kier alpha value is -3.06. The number of rotatable bonds is 7. The number of hydrogen-bond acceptors (Lipinski definition) is 6. The average Bonchev–Trinajstić information content (AvgIpc) is 3.01. The Kier molecular flexibility index (Phi) is 6.95. The van der Waals surface area contributed by atoms with Crippen molar-refractivity contribution in [2.45, 2.75) is 33.4 Å². The number of thioether (sulfide) groups is 1. The number of aryl methyl sites for hydroxylation is 1. The lowest BCUT2D eigenvalue weighted by Crippen LogP contribution is -2.42. The Morgan fingerprint density at radius 2 is 1.83 bits per heavy atom. The Labute approximate surface area is 179 Å². The van der Waals surface area contributed by atoms with Crippen molar-refractivity contribution in [3.63, 3.8) is 0 Å². The number of esters is 1. The molecule has 0 bridgehead atoms. The molecule has 2 aromatic carbocycles. The van der Waals surface area contributed by atoms with E-state index in [9.17, 15) is 14.4 Å². The summed E-state index contributed by atoms with van der Waals surface area (Å²) in [6, 6.07) is 14.4. The fourth-order valence-corrected chi connectivity index (χ4v) is 3.80.